The first-order valence-corrected chi connectivity index (χ1v) is 8.91. The maximum Gasteiger partial charge on any atom is 0.221 e. The zero-order chi connectivity index (χ0) is 21.1. The molecule has 0 spiro atoms. The topological polar surface area (TPSA) is 80.9 Å². The number of hydrogen-bond acceptors (Lipinski definition) is 4. The number of hydrogen-bond donors (Lipinski definition) is 2. The lowest BCUT2D eigenvalue weighted by Crippen LogP contribution is -2.08. The second-order valence-electron chi connectivity index (χ2n) is 6.59. The number of nitrogen functional groups attached to an aromatic ring is 1. The molecule has 4 aromatic rings. The summed E-state index contributed by atoms with van der Waals surface area (Å²) >= 11 is 0. The summed E-state index contributed by atoms with van der Waals surface area (Å²) < 4.78 is 26.6. The zero-order valence-corrected chi connectivity index (χ0v) is 16.3. The highest BCUT2D eigenvalue weighted by molar-refractivity contribution is 5.92. The first-order chi connectivity index (χ1) is 13.8. The molecule has 0 radical (unpaired) electrons. The van der Waals surface area contributed by atoms with Crippen LogP contribution in [-0.2, 0) is 4.79 Å². The minimum Gasteiger partial charge on any atom is -0.397 e. The molecule has 148 valence electrons. The maximum absolute atomic E-state index is 13.4. The van der Waals surface area contributed by atoms with E-state index in [4.69, 9.17) is 5.73 Å². The molecule has 7 heteroatoms. The van der Waals surface area contributed by atoms with Crippen LogP contribution in [0.3, 0.4) is 0 Å². The fourth-order valence-electron chi connectivity index (χ4n) is 2.84. The molecule has 1 amide bonds. The quantitative estimate of drug-likeness (QED) is 0.481. The molecule has 0 aliphatic heterocycles. The zero-order valence-electron chi connectivity index (χ0n) is 16.3. The van der Waals surface area contributed by atoms with Crippen LogP contribution in [-0.4, -0.2) is 15.9 Å². The molecule has 3 N–H and O–H groups in total. The molecule has 29 heavy (non-hydrogen) atoms. The smallest absolute Gasteiger partial charge is 0.221 e. The van der Waals surface area contributed by atoms with Crippen molar-refractivity contribution in [3.63, 3.8) is 0 Å². The van der Waals surface area contributed by atoms with Crippen LogP contribution in [0.1, 0.15) is 18.3 Å². The first-order valence-electron chi connectivity index (χ1n) is 8.91. The number of rotatable bonds is 1. The largest absolute Gasteiger partial charge is 0.397 e. The predicted molar refractivity (Wildman–Crippen MR) is 112 cm³/mol. The van der Waals surface area contributed by atoms with Crippen molar-refractivity contribution in [2.45, 2.75) is 20.8 Å². The third-order valence-electron chi connectivity index (χ3n) is 4.32. The average molecular weight is 394 g/mol. The van der Waals surface area contributed by atoms with Crippen molar-refractivity contribution in [1.29, 1.82) is 0 Å². The van der Waals surface area contributed by atoms with E-state index < -0.39 is 0 Å². The lowest BCUT2D eigenvalue weighted by atomic mass is 10.1. The number of fused-ring (bicyclic) bond motifs is 2. The molecule has 5 nitrogen and oxygen atoms in total. The van der Waals surface area contributed by atoms with Gasteiger partial charge in [-0.3, -0.25) is 4.79 Å². The molecule has 2 aromatic carbocycles. The number of anilines is 2. The summed E-state index contributed by atoms with van der Waals surface area (Å²) in [5, 5.41) is 4.08. The number of benzene rings is 2. The van der Waals surface area contributed by atoms with Gasteiger partial charge in [-0.15, -0.1) is 0 Å². The second-order valence-corrected chi connectivity index (χ2v) is 6.59. The summed E-state index contributed by atoms with van der Waals surface area (Å²) in [5.41, 5.74) is 8.84. The molecule has 0 unspecified atom stereocenters. The van der Waals surface area contributed by atoms with Gasteiger partial charge in [0.2, 0.25) is 5.91 Å². The Labute approximate surface area is 166 Å². The lowest BCUT2D eigenvalue weighted by Gasteiger charge is -2.07. The van der Waals surface area contributed by atoms with E-state index in [1.165, 1.54) is 19.1 Å². The first kappa shape index (κ1) is 20.1. The van der Waals surface area contributed by atoms with Gasteiger partial charge in [0.1, 0.15) is 22.7 Å². The van der Waals surface area contributed by atoms with Crippen LogP contribution in [0.15, 0.2) is 48.5 Å². The van der Waals surface area contributed by atoms with Crippen molar-refractivity contribution < 1.29 is 13.6 Å². The van der Waals surface area contributed by atoms with Gasteiger partial charge in [-0.2, -0.15) is 0 Å². The molecule has 4 rings (SSSR count). The lowest BCUT2D eigenvalue weighted by molar-refractivity contribution is -0.114. The molecule has 2 heterocycles. The van der Waals surface area contributed by atoms with Gasteiger partial charge < -0.3 is 11.1 Å². The van der Waals surface area contributed by atoms with Crippen LogP contribution < -0.4 is 11.1 Å². The minimum absolute atomic E-state index is 0.166. The summed E-state index contributed by atoms with van der Waals surface area (Å²) in [6.45, 7) is 4.92. The minimum atomic E-state index is -0.352. The van der Waals surface area contributed by atoms with Crippen LogP contribution >= 0.6 is 0 Å². The average Bonchev–Trinajstić information content (AvgIpc) is 2.65. The van der Waals surface area contributed by atoms with E-state index in [0.717, 1.165) is 5.39 Å². The number of amides is 1. The van der Waals surface area contributed by atoms with Crippen molar-refractivity contribution in [2.75, 3.05) is 11.1 Å². The van der Waals surface area contributed by atoms with Crippen molar-refractivity contribution >= 4 is 39.1 Å². The highest BCUT2D eigenvalue weighted by Gasteiger charge is 2.07. The second kappa shape index (κ2) is 8.18. The Bertz CT molecular complexity index is 1220. The van der Waals surface area contributed by atoms with Crippen molar-refractivity contribution in [2.24, 2.45) is 0 Å². The molecule has 0 saturated heterocycles. The van der Waals surface area contributed by atoms with Gasteiger partial charge in [0.25, 0.3) is 0 Å². The fourth-order valence-corrected chi connectivity index (χ4v) is 2.84. The molecule has 0 aliphatic rings. The molecular weight excluding hydrogens is 374 g/mol. The van der Waals surface area contributed by atoms with Crippen LogP contribution in [0.4, 0.5) is 20.2 Å². The van der Waals surface area contributed by atoms with Crippen molar-refractivity contribution in [3.05, 3.63) is 71.6 Å². The van der Waals surface area contributed by atoms with E-state index >= 15 is 0 Å². The van der Waals surface area contributed by atoms with Gasteiger partial charge in [-0.1, -0.05) is 24.3 Å². The molecule has 2 aromatic heterocycles. The standard InChI is InChI=1S/C12H11FN2O.C10H9FN2/c1-7-11(15-8(2)16)6-9-4-3-5-10(13)12(9)14-7;1-6-9(12)5-7-3-2-4-8(11)10(7)13-6/h3-6H,1-2H3,(H,15,16);2-5H,12H2,1H3. The summed E-state index contributed by atoms with van der Waals surface area (Å²) in [6.07, 6.45) is 0. The molecule has 0 saturated carbocycles. The number of nitrogens with one attached hydrogen (secondary N) is 1. The number of aryl methyl sites for hydroxylation is 2. The summed E-state index contributed by atoms with van der Waals surface area (Å²) in [7, 11) is 0. The molecule has 0 fully saturated rings. The number of aromatic nitrogens is 2. The Morgan fingerprint density at radius 2 is 1.41 bits per heavy atom. The van der Waals surface area contributed by atoms with Crippen LogP contribution in [0.2, 0.25) is 0 Å². The van der Waals surface area contributed by atoms with Gasteiger partial charge in [0.05, 0.1) is 22.8 Å². The highest BCUT2D eigenvalue weighted by atomic mass is 19.1. The SMILES string of the molecule is CC(=O)Nc1cc2cccc(F)c2nc1C.Cc1nc2c(F)cccc2cc1N. The van der Waals surface area contributed by atoms with Gasteiger partial charge >= 0.3 is 0 Å². The number of halogens is 2. The number of nitrogens with two attached hydrogens (primary N) is 1. The fraction of sp³-hybridized carbons (Fsp3) is 0.136. The van der Waals surface area contributed by atoms with Crippen LogP contribution in [0, 0.1) is 25.5 Å². The molecular formula is C22H20F2N4O. The Morgan fingerprint density at radius 1 is 0.897 bits per heavy atom. The monoisotopic (exact) mass is 394 g/mol. The van der Waals surface area contributed by atoms with E-state index in [1.807, 2.05) is 0 Å². The molecule has 0 atom stereocenters. The van der Waals surface area contributed by atoms with Gasteiger partial charge in [-0.25, -0.2) is 18.7 Å². The van der Waals surface area contributed by atoms with Crippen molar-refractivity contribution in [1.82, 2.24) is 9.97 Å². The highest BCUT2D eigenvalue weighted by Crippen LogP contribution is 2.22. The number of carbonyl (C=O) groups is 1. The van der Waals surface area contributed by atoms with Crippen LogP contribution in [0.5, 0.6) is 0 Å². The number of nitrogens with zero attached hydrogens (tertiary/aromatic N) is 2. The van der Waals surface area contributed by atoms with E-state index in [0.29, 0.717) is 39.2 Å². The Hall–Kier alpha value is -3.61. The summed E-state index contributed by atoms with van der Waals surface area (Å²) in [5.74, 6) is -0.823. The van der Waals surface area contributed by atoms with Gasteiger partial charge in [-0.05, 0) is 38.1 Å². The third-order valence-corrected chi connectivity index (χ3v) is 4.32. The molecule has 0 bridgehead atoms. The van der Waals surface area contributed by atoms with E-state index in [1.54, 1.807) is 50.2 Å². The van der Waals surface area contributed by atoms with E-state index in [-0.39, 0.29) is 17.5 Å². The van der Waals surface area contributed by atoms with Crippen molar-refractivity contribution in [3.8, 4) is 0 Å². The van der Waals surface area contributed by atoms with Gasteiger partial charge in [0, 0.05) is 17.7 Å². The summed E-state index contributed by atoms with van der Waals surface area (Å²) in [6, 6.07) is 13.0. The molecule has 0 aliphatic carbocycles. The Kier molecular flexibility index (Phi) is 5.68. The third kappa shape index (κ3) is 4.45. The number of carbonyl (C=O) groups excluding carboxylic acids is 1. The number of para-hydroxylation sites is 2. The number of pyridine rings is 2. The maximum atomic E-state index is 13.4. The summed E-state index contributed by atoms with van der Waals surface area (Å²) in [4.78, 5) is 19.2. The van der Waals surface area contributed by atoms with E-state index in [9.17, 15) is 13.6 Å². The van der Waals surface area contributed by atoms with Gasteiger partial charge in [0.15, 0.2) is 0 Å². The predicted octanol–water partition coefficient (Wildman–Crippen LogP) is 4.91. The normalized spacial score (nSPS) is 10.5. The Balaban J connectivity index is 0.000000169. The van der Waals surface area contributed by atoms with E-state index in [2.05, 4.69) is 15.3 Å². The van der Waals surface area contributed by atoms with Crippen LogP contribution in [0.25, 0.3) is 21.8 Å². The Morgan fingerprint density at radius 3 is 1.97 bits per heavy atom.